The van der Waals surface area contributed by atoms with Gasteiger partial charge in [0.1, 0.15) is 0 Å². The fourth-order valence-electron chi connectivity index (χ4n) is 4.85. The minimum absolute atomic E-state index is 0. The second-order valence-electron chi connectivity index (χ2n) is 11.7. The summed E-state index contributed by atoms with van der Waals surface area (Å²) in [4.78, 5) is 42.1. The molecule has 0 amide bonds. The molecule has 240 valence electrons. The molecule has 0 aromatic heterocycles. The minimum Gasteiger partial charge on any atom is -0.549 e. The average molecular weight is 653 g/mol. The molecule has 0 bridgehead atoms. The van der Waals surface area contributed by atoms with Crippen molar-refractivity contribution in [1.29, 1.82) is 0 Å². The van der Waals surface area contributed by atoms with Gasteiger partial charge in [-0.1, -0.05) is 123 Å². The van der Waals surface area contributed by atoms with Gasteiger partial charge >= 0.3 is 21.7 Å². The summed E-state index contributed by atoms with van der Waals surface area (Å²) in [5.41, 5.74) is 4.40. The van der Waals surface area contributed by atoms with Crippen LogP contribution in [0.3, 0.4) is 0 Å². The van der Waals surface area contributed by atoms with E-state index in [-0.39, 0.29) is 45.4 Å². The third-order valence-electron chi connectivity index (χ3n) is 8.83. The fourth-order valence-corrected chi connectivity index (χ4v) is 4.85. The molecule has 0 aliphatic heterocycles. The topological polar surface area (TPSA) is 161 Å². The quantitative estimate of drug-likeness (QED) is 0.417. The molecule has 0 fully saturated rings. The molecule has 45 heavy (non-hydrogen) atoms. The molecule has 4 rings (SSSR count). The molecule has 4 aliphatic rings. The smallest absolute Gasteiger partial charge is 0.549 e. The largest absolute Gasteiger partial charge is 4.00 e. The molecule has 8 unspecified atom stereocenters. The van der Waals surface area contributed by atoms with Gasteiger partial charge < -0.3 is 39.6 Å². The van der Waals surface area contributed by atoms with Gasteiger partial charge in [0.2, 0.25) is 0 Å². The number of rotatable bonds is 4. The Kier molecular flexibility index (Phi) is 18.3. The Morgan fingerprint density at radius 2 is 0.578 bits per heavy atom. The van der Waals surface area contributed by atoms with Crippen molar-refractivity contribution < 1.29 is 61.3 Å². The van der Waals surface area contributed by atoms with Gasteiger partial charge in [-0.2, -0.15) is 0 Å². The van der Waals surface area contributed by atoms with Gasteiger partial charge in [-0.15, -0.1) is 0 Å². The number of hydrogen-bond donors (Lipinski definition) is 0. The van der Waals surface area contributed by atoms with E-state index < -0.39 is 47.5 Å². The standard InChI is InChI=1S/4C9H12O2.Ti/c4*1-6-4-3-5-8(7(6)2)9(10)11;/h4*3-5,7-8H,1-2H3,(H,10,11);/q;;;;+4/p-4. The number of carbonyl (C=O) groups excluding carboxylic acids is 4. The van der Waals surface area contributed by atoms with Crippen molar-refractivity contribution in [1.82, 2.24) is 0 Å². The molecule has 0 spiro atoms. The van der Waals surface area contributed by atoms with E-state index in [1.807, 2.05) is 79.7 Å². The zero-order valence-electron chi connectivity index (χ0n) is 27.3. The summed E-state index contributed by atoms with van der Waals surface area (Å²) >= 11 is 0. The van der Waals surface area contributed by atoms with E-state index in [1.54, 1.807) is 48.6 Å². The van der Waals surface area contributed by atoms with E-state index in [4.69, 9.17) is 0 Å². The van der Waals surface area contributed by atoms with Crippen LogP contribution < -0.4 is 20.4 Å². The van der Waals surface area contributed by atoms with Gasteiger partial charge in [0.15, 0.2) is 0 Å². The van der Waals surface area contributed by atoms with Crippen LogP contribution in [-0.4, -0.2) is 23.9 Å². The maximum absolute atomic E-state index is 10.5. The van der Waals surface area contributed by atoms with Gasteiger partial charge in [0.25, 0.3) is 0 Å². The van der Waals surface area contributed by atoms with Crippen LogP contribution in [0, 0.1) is 47.3 Å². The first-order chi connectivity index (χ1) is 20.5. The van der Waals surface area contributed by atoms with Gasteiger partial charge in [0, 0.05) is 47.5 Å². The molecule has 0 saturated carbocycles. The van der Waals surface area contributed by atoms with Crippen molar-refractivity contribution in [2.75, 3.05) is 0 Å². The summed E-state index contributed by atoms with van der Waals surface area (Å²) in [6.45, 7) is 15.3. The molecule has 0 aromatic carbocycles. The number of carboxylic acid groups (broad SMARTS) is 4. The van der Waals surface area contributed by atoms with E-state index in [9.17, 15) is 39.6 Å². The van der Waals surface area contributed by atoms with E-state index in [0.717, 1.165) is 22.3 Å². The van der Waals surface area contributed by atoms with Crippen molar-refractivity contribution in [3.63, 3.8) is 0 Å². The first kappa shape index (κ1) is 41.5. The molecule has 0 saturated heterocycles. The van der Waals surface area contributed by atoms with E-state index in [2.05, 4.69) is 0 Å². The molecular weight excluding hydrogens is 608 g/mol. The van der Waals surface area contributed by atoms with Gasteiger partial charge in [-0.25, -0.2) is 0 Å². The summed E-state index contributed by atoms with van der Waals surface area (Å²) < 4.78 is 0. The zero-order chi connectivity index (χ0) is 33.7. The van der Waals surface area contributed by atoms with Gasteiger partial charge in [0.05, 0.1) is 0 Å². The number of carboxylic acids is 4. The normalized spacial score (nSPS) is 29.2. The molecule has 4 aliphatic carbocycles. The zero-order valence-corrected chi connectivity index (χ0v) is 28.9. The average Bonchev–Trinajstić information content (AvgIpc) is 2.95. The molecule has 8 atom stereocenters. The summed E-state index contributed by atoms with van der Waals surface area (Å²) in [5, 5.41) is 42.1. The van der Waals surface area contributed by atoms with Crippen LogP contribution in [0.1, 0.15) is 55.4 Å². The third kappa shape index (κ3) is 12.8. The summed E-state index contributed by atoms with van der Waals surface area (Å²) in [5.74, 6) is -5.42. The van der Waals surface area contributed by atoms with Crippen molar-refractivity contribution >= 4 is 23.9 Å². The fraction of sp³-hybridized carbons (Fsp3) is 0.444. The first-order valence-electron chi connectivity index (χ1n) is 14.7. The maximum atomic E-state index is 10.5. The monoisotopic (exact) mass is 652 g/mol. The summed E-state index contributed by atoms with van der Waals surface area (Å²) in [7, 11) is 0. The first-order valence-corrected chi connectivity index (χ1v) is 14.7. The SMILES string of the molecule is CC1=CC=CC(C(=O)[O-])C1C.CC1=CC=CC(C(=O)[O-])C1C.CC1=CC=CC(C(=O)[O-])C1C.CC1=CC=CC(C(=O)[O-])C1C.[Ti+4]. The Balaban J connectivity index is 0.000000569. The number of aliphatic carboxylic acids is 4. The number of allylic oxidation sites excluding steroid dienone is 12. The predicted molar refractivity (Wildman–Crippen MR) is 162 cm³/mol. The molecule has 9 heteroatoms. The van der Waals surface area contributed by atoms with Crippen LogP contribution in [0.5, 0.6) is 0 Å². The Morgan fingerprint density at radius 3 is 0.689 bits per heavy atom. The molecule has 8 nitrogen and oxygen atoms in total. The Labute approximate surface area is 282 Å². The summed E-state index contributed by atoms with van der Waals surface area (Å²) in [6.07, 6.45) is 21.5. The van der Waals surface area contributed by atoms with Crippen molar-refractivity contribution in [3.8, 4) is 0 Å². The molecule has 0 aromatic rings. The predicted octanol–water partition coefficient (Wildman–Crippen LogP) is 2.02. The Bertz CT molecular complexity index is 1110. The molecule has 0 N–H and O–H groups in total. The van der Waals surface area contributed by atoms with E-state index >= 15 is 0 Å². The van der Waals surface area contributed by atoms with Crippen LogP contribution in [-0.2, 0) is 40.9 Å². The van der Waals surface area contributed by atoms with Crippen LogP contribution in [0.25, 0.3) is 0 Å². The van der Waals surface area contributed by atoms with Crippen molar-refractivity contribution in [2.45, 2.75) is 55.4 Å². The molecule has 0 heterocycles. The number of carbonyl (C=O) groups is 4. The minimum atomic E-state index is -0.985. The van der Waals surface area contributed by atoms with E-state index in [1.165, 1.54) is 0 Å². The summed E-state index contributed by atoms with van der Waals surface area (Å²) in [6, 6.07) is 0. The molecular formula is C36H44O8Ti. The van der Waals surface area contributed by atoms with Crippen LogP contribution >= 0.6 is 0 Å². The molecule has 0 radical (unpaired) electrons. The van der Waals surface area contributed by atoms with Gasteiger partial charge in [-0.3, -0.25) is 0 Å². The Morgan fingerprint density at radius 1 is 0.422 bits per heavy atom. The van der Waals surface area contributed by atoms with Gasteiger partial charge in [-0.05, 0) is 51.4 Å². The second kappa shape index (κ2) is 19.8. The third-order valence-corrected chi connectivity index (χ3v) is 8.83. The second-order valence-corrected chi connectivity index (χ2v) is 11.7. The Hall–Kier alpha value is -3.49. The van der Waals surface area contributed by atoms with Crippen LogP contribution in [0.15, 0.2) is 95.2 Å². The van der Waals surface area contributed by atoms with Crippen LogP contribution in [0.2, 0.25) is 0 Å². The maximum Gasteiger partial charge on any atom is 4.00 e. The van der Waals surface area contributed by atoms with Crippen LogP contribution in [0.4, 0.5) is 0 Å². The van der Waals surface area contributed by atoms with Crippen molar-refractivity contribution in [2.24, 2.45) is 47.3 Å². The van der Waals surface area contributed by atoms with Crippen molar-refractivity contribution in [3.05, 3.63) is 95.2 Å². The van der Waals surface area contributed by atoms with E-state index in [0.29, 0.717) is 0 Å². The number of hydrogen-bond acceptors (Lipinski definition) is 8.